The van der Waals surface area contributed by atoms with Gasteiger partial charge in [-0.3, -0.25) is 8.98 Å². The summed E-state index contributed by atoms with van der Waals surface area (Å²) in [4.78, 5) is 13.0. The summed E-state index contributed by atoms with van der Waals surface area (Å²) >= 11 is 9.41. The molecule has 6 nitrogen and oxygen atoms in total. The first-order valence-electron chi connectivity index (χ1n) is 7.18. The number of hydrogen-bond acceptors (Lipinski definition) is 6. The van der Waals surface area contributed by atoms with Crippen LogP contribution >= 0.6 is 27.5 Å². The smallest absolute Gasteiger partial charge is 0.257 e. The molecule has 1 saturated carbocycles. The lowest BCUT2D eigenvalue weighted by atomic mass is 9.95. The van der Waals surface area contributed by atoms with Crippen molar-refractivity contribution in [1.29, 1.82) is 0 Å². The van der Waals surface area contributed by atoms with Crippen molar-refractivity contribution in [3.8, 4) is 0 Å². The summed E-state index contributed by atoms with van der Waals surface area (Å²) < 4.78 is 32.3. The van der Waals surface area contributed by atoms with Crippen LogP contribution in [0.5, 0.6) is 0 Å². The highest BCUT2D eigenvalue weighted by Gasteiger charge is 2.34. The number of ketones is 1. The number of rotatable bonds is 6. The van der Waals surface area contributed by atoms with Gasteiger partial charge in [-0.1, -0.05) is 16.8 Å². The zero-order chi connectivity index (χ0) is 17.4. The number of hydrogen-bond donors (Lipinski definition) is 1. The van der Waals surface area contributed by atoms with Gasteiger partial charge in [0.15, 0.2) is 11.5 Å². The Balaban J connectivity index is 2.08. The molecule has 9 heteroatoms. The SMILES string of the molecule is CC(O[SH](=O)=O)c1c(C(=O)c2cnoc2C2CC2)ccc(Cl)c1Br. The summed E-state index contributed by atoms with van der Waals surface area (Å²) in [5, 5.41) is 4.08. The van der Waals surface area contributed by atoms with Gasteiger partial charge in [0.25, 0.3) is 11.0 Å². The summed E-state index contributed by atoms with van der Waals surface area (Å²) in [6.45, 7) is 1.54. The molecule has 1 unspecified atom stereocenters. The number of benzene rings is 1. The number of carbonyl (C=O) groups excluding carboxylic acids is 1. The Morgan fingerprint density at radius 1 is 1.42 bits per heavy atom. The number of thiol groups is 1. The first kappa shape index (κ1) is 17.6. The number of halogens is 2. The van der Waals surface area contributed by atoms with Crippen LogP contribution in [0.15, 0.2) is 27.3 Å². The van der Waals surface area contributed by atoms with Gasteiger partial charge in [0.1, 0.15) is 6.10 Å². The molecule has 24 heavy (non-hydrogen) atoms. The van der Waals surface area contributed by atoms with Gasteiger partial charge in [-0.05, 0) is 47.8 Å². The predicted octanol–water partition coefficient (Wildman–Crippen LogP) is 3.80. The van der Waals surface area contributed by atoms with Crippen LogP contribution in [-0.4, -0.2) is 19.4 Å². The molecule has 1 aliphatic rings. The first-order valence-corrected chi connectivity index (χ1v) is 9.45. The van der Waals surface area contributed by atoms with Crippen molar-refractivity contribution in [3.05, 3.63) is 50.3 Å². The quantitative estimate of drug-likeness (QED) is 0.550. The maximum absolute atomic E-state index is 13.0. The lowest BCUT2D eigenvalue weighted by molar-refractivity contribution is 0.103. The highest BCUT2D eigenvalue weighted by molar-refractivity contribution is 9.10. The first-order chi connectivity index (χ1) is 11.4. The predicted molar refractivity (Wildman–Crippen MR) is 90.9 cm³/mol. The Bertz CT molecular complexity index is 867. The van der Waals surface area contributed by atoms with Crippen LogP contribution in [0, 0.1) is 0 Å². The monoisotopic (exact) mass is 433 g/mol. The lowest BCUT2D eigenvalue weighted by Gasteiger charge is -2.16. The summed E-state index contributed by atoms with van der Waals surface area (Å²) in [5.41, 5.74) is 1.04. The van der Waals surface area contributed by atoms with Crippen molar-refractivity contribution in [2.45, 2.75) is 31.8 Å². The molecule has 128 valence electrons. The van der Waals surface area contributed by atoms with Crippen LogP contribution in [0.3, 0.4) is 0 Å². The second kappa shape index (κ2) is 6.95. The molecule has 1 heterocycles. The number of aromatic nitrogens is 1. The molecule has 2 aromatic rings. The minimum atomic E-state index is -3.07. The van der Waals surface area contributed by atoms with Gasteiger partial charge in [-0.15, -0.1) is 0 Å². The molecular weight excluding hydrogens is 422 g/mol. The molecule has 3 rings (SSSR count). The third-order valence-electron chi connectivity index (χ3n) is 3.82. The van der Waals surface area contributed by atoms with Crippen LogP contribution in [0.4, 0.5) is 0 Å². The van der Waals surface area contributed by atoms with Gasteiger partial charge >= 0.3 is 0 Å². The maximum atomic E-state index is 13.0. The van der Waals surface area contributed by atoms with E-state index in [1.165, 1.54) is 13.1 Å². The van der Waals surface area contributed by atoms with E-state index in [1.54, 1.807) is 12.1 Å². The standard InChI is InChI=1S/C15H13BrClNO5S/c1-7(23-24(20)21)12-9(4-5-11(17)13(12)16)14(19)10-6-18-22-15(10)8-2-3-8/h4-8,24H,2-3H2,1H3. The molecule has 1 aliphatic carbocycles. The van der Waals surface area contributed by atoms with Gasteiger partial charge in [0, 0.05) is 21.5 Å². The molecule has 0 radical (unpaired) electrons. The summed E-state index contributed by atoms with van der Waals surface area (Å²) in [7, 11) is -3.07. The Morgan fingerprint density at radius 2 is 2.12 bits per heavy atom. The van der Waals surface area contributed by atoms with E-state index in [4.69, 9.17) is 20.3 Å². The van der Waals surface area contributed by atoms with Crippen molar-refractivity contribution in [2.75, 3.05) is 0 Å². The van der Waals surface area contributed by atoms with Crippen LogP contribution in [0.25, 0.3) is 0 Å². The van der Waals surface area contributed by atoms with Crippen molar-refractivity contribution in [1.82, 2.24) is 5.16 Å². The second-order valence-corrected chi connectivity index (χ2v) is 7.36. The van der Waals surface area contributed by atoms with E-state index in [2.05, 4.69) is 21.1 Å². The van der Waals surface area contributed by atoms with E-state index in [1.807, 2.05) is 0 Å². The van der Waals surface area contributed by atoms with Crippen molar-refractivity contribution >= 4 is 44.3 Å². The lowest BCUT2D eigenvalue weighted by Crippen LogP contribution is -2.11. The highest BCUT2D eigenvalue weighted by atomic mass is 79.9. The molecule has 1 atom stereocenters. The molecule has 1 aromatic heterocycles. The van der Waals surface area contributed by atoms with Gasteiger partial charge in [0.2, 0.25) is 0 Å². The van der Waals surface area contributed by atoms with Crippen molar-refractivity contribution < 1.29 is 21.9 Å². The Morgan fingerprint density at radius 3 is 2.75 bits per heavy atom. The Labute approximate surface area is 153 Å². The van der Waals surface area contributed by atoms with Crippen LogP contribution in [0.1, 0.15) is 59.0 Å². The molecule has 0 saturated heterocycles. The summed E-state index contributed by atoms with van der Waals surface area (Å²) in [5.74, 6) is 0.484. The highest BCUT2D eigenvalue weighted by Crippen LogP contribution is 2.43. The Kier molecular flexibility index (Phi) is 5.10. The van der Waals surface area contributed by atoms with E-state index in [0.29, 0.717) is 31.9 Å². The fourth-order valence-corrected chi connectivity index (χ4v) is 3.74. The van der Waals surface area contributed by atoms with Gasteiger partial charge in [0.05, 0.1) is 16.8 Å². The molecule has 0 N–H and O–H groups in total. The van der Waals surface area contributed by atoms with Crippen LogP contribution in [-0.2, 0) is 15.2 Å². The molecule has 1 fully saturated rings. The molecule has 0 bridgehead atoms. The average molecular weight is 435 g/mol. The van der Waals surface area contributed by atoms with E-state index in [0.717, 1.165) is 12.8 Å². The second-order valence-electron chi connectivity index (χ2n) is 5.50. The van der Waals surface area contributed by atoms with Gasteiger partial charge < -0.3 is 4.52 Å². The number of nitrogens with zero attached hydrogens (tertiary/aromatic N) is 1. The van der Waals surface area contributed by atoms with E-state index in [9.17, 15) is 13.2 Å². The summed E-state index contributed by atoms with van der Waals surface area (Å²) in [6, 6.07) is 3.11. The Hall–Kier alpha value is -1.22. The number of carbonyl (C=O) groups is 1. The van der Waals surface area contributed by atoms with Crippen molar-refractivity contribution in [3.63, 3.8) is 0 Å². The normalized spacial score (nSPS) is 15.7. The molecular formula is C15H13BrClNO5S. The van der Waals surface area contributed by atoms with Crippen molar-refractivity contribution in [2.24, 2.45) is 0 Å². The zero-order valence-corrected chi connectivity index (χ0v) is 15.7. The minimum Gasteiger partial charge on any atom is -0.360 e. The fraction of sp³-hybridized carbons (Fsp3) is 0.333. The molecule has 0 amide bonds. The van der Waals surface area contributed by atoms with E-state index >= 15 is 0 Å². The average Bonchev–Trinajstić information content (AvgIpc) is 3.25. The van der Waals surface area contributed by atoms with Crippen LogP contribution in [0.2, 0.25) is 5.02 Å². The maximum Gasteiger partial charge on any atom is 0.257 e. The van der Waals surface area contributed by atoms with Crippen LogP contribution < -0.4 is 0 Å². The van der Waals surface area contributed by atoms with E-state index in [-0.39, 0.29) is 11.7 Å². The molecule has 0 aliphatic heterocycles. The van der Waals surface area contributed by atoms with Gasteiger partial charge in [-0.25, -0.2) is 8.42 Å². The van der Waals surface area contributed by atoms with Gasteiger partial charge in [-0.2, -0.15) is 0 Å². The zero-order valence-electron chi connectivity index (χ0n) is 12.5. The topological polar surface area (TPSA) is 86.5 Å². The summed E-state index contributed by atoms with van der Waals surface area (Å²) in [6.07, 6.45) is 2.44. The fourth-order valence-electron chi connectivity index (χ4n) is 2.55. The largest absolute Gasteiger partial charge is 0.360 e. The third-order valence-corrected chi connectivity index (χ3v) is 5.71. The van der Waals surface area contributed by atoms with E-state index < -0.39 is 17.1 Å². The minimum absolute atomic E-state index is 0.218. The third kappa shape index (κ3) is 3.42. The molecule has 0 spiro atoms. The molecule has 1 aromatic carbocycles.